The Morgan fingerprint density at radius 2 is 1.90 bits per heavy atom. The number of aromatic nitrogens is 1. The van der Waals surface area contributed by atoms with Gasteiger partial charge in [-0.15, -0.1) is 0 Å². The summed E-state index contributed by atoms with van der Waals surface area (Å²) < 4.78 is 4.96. The number of hydrogen-bond donors (Lipinski definition) is 0. The van der Waals surface area contributed by atoms with E-state index in [-0.39, 0.29) is 18.0 Å². The van der Waals surface area contributed by atoms with Crippen LogP contribution in [0.2, 0.25) is 0 Å². The average Bonchev–Trinajstić information content (AvgIpc) is 2.94. The Bertz CT molecular complexity index is 498. The van der Waals surface area contributed by atoms with Crippen molar-refractivity contribution in [1.82, 2.24) is 14.8 Å². The van der Waals surface area contributed by atoms with Gasteiger partial charge in [0, 0.05) is 37.1 Å². The molecule has 0 atom stereocenters. The molecule has 3 heterocycles. The summed E-state index contributed by atoms with van der Waals surface area (Å²) in [4.78, 5) is 31.4. The van der Waals surface area contributed by atoms with Crippen LogP contribution < -0.4 is 0 Å². The molecule has 2 fully saturated rings. The first-order valence-electron chi connectivity index (χ1n) is 6.88. The van der Waals surface area contributed by atoms with Crippen molar-refractivity contribution in [2.75, 3.05) is 26.2 Å². The van der Waals surface area contributed by atoms with Crippen molar-refractivity contribution in [3.63, 3.8) is 0 Å². The molecular formula is C14H17N3O3. The predicted molar refractivity (Wildman–Crippen MR) is 71.2 cm³/mol. The lowest BCUT2D eigenvalue weighted by Crippen LogP contribution is -2.47. The molecule has 2 amide bonds. The van der Waals surface area contributed by atoms with E-state index in [1.165, 1.54) is 0 Å². The van der Waals surface area contributed by atoms with Gasteiger partial charge >= 0.3 is 6.09 Å². The molecule has 0 aliphatic carbocycles. The fourth-order valence-electron chi connectivity index (χ4n) is 2.79. The number of hydrogen-bond acceptors (Lipinski definition) is 4. The summed E-state index contributed by atoms with van der Waals surface area (Å²) in [6.45, 7) is 2.50. The van der Waals surface area contributed by atoms with Crippen LogP contribution in [0.15, 0.2) is 24.5 Å². The van der Waals surface area contributed by atoms with E-state index in [2.05, 4.69) is 4.98 Å². The van der Waals surface area contributed by atoms with Crippen molar-refractivity contribution in [2.45, 2.75) is 18.9 Å². The fraction of sp³-hybridized carbons (Fsp3) is 0.500. The normalized spacial score (nSPS) is 20.1. The zero-order valence-corrected chi connectivity index (χ0v) is 11.2. The Morgan fingerprint density at radius 3 is 2.50 bits per heavy atom. The molecule has 2 aliphatic heterocycles. The first-order chi connectivity index (χ1) is 9.75. The van der Waals surface area contributed by atoms with Gasteiger partial charge in [0.2, 0.25) is 0 Å². The highest BCUT2D eigenvalue weighted by Crippen LogP contribution is 2.21. The van der Waals surface area contributed by atoms with Gasteiger partial charge in [-0.25, -0.2) is 4.79 Å². The first-order valence-corrected chi connectivity index (χ1v) is 6.88. The van der Waals surface area contributed by atoms with Crippen molar-refractivity contribution in [2.24, 2.45) is 0 Å². The fourth-order valence-corrected chi connectivity index (χ4v) is 2.79. The Balaban J connectivity index is 1.58. The van der Waals surface area contributed by atoms with Gasteiger partial charge in [0.25, 0.3) is 5.91 Å². The van der Waals surface area contributed by atoms with E-state index in [4.69, 9.17) is 4.74 Å². The molecule has 0 aromatic carbocycles. The SMILES string of the molecule is O=C(c1ccncc1)N1CCC(N2CCOC2=O)CC1. The standard InChI is InChI=1S/C14H17N3O3/c18-13(11-1-5-15-6-2-11)16-7-3-12(4-8-16)17-9-10-20-14(17)19/h1-2,5-6,12H,3-4,7-10H2. The van der Waals surface area contributed by atoms with E-state index in [0.29, 0.717) is 31.8 Å². The maximum atomic E-state index is 12.3. The quantitative estimate of drug-likeness (QED) is 0.812. The summed E-state index contributed by atoms with van der Waals surface area (Å²) in [5, 5.41) is 0. The number of pyridine rings is 1. The van der Waals surface area contributed by atoms with Gasteiger partial charge in [-0.05, 0) is 25.0 Å². The minimum absolute atomic E-state index is 0.0369. The molecule has 6 nitrogen and oxygen atoms in total. The third-order valence-corrected chi connectivity index (χ3v) is 3.91. The van der Waals surface area contributed by atoms with Gasteiger partial charge < -0.3 is 14.5 Å². The van der Waals surface area contributed by atoms with Crippen LogP contribution in [0.3, 0.4) is 0 Å². The smallest absolute Gasteiger partial charge is 0.410 e. The minimum atomic E-state index is -0.219. The lowest BCUT2D eigenvalue weighted by molar-refractivity contribution is 0.0658. The van der Waals surface area contributed by atoms with Gasteiger partial charge in [0.1, 0.15) is 6.61 Å². The first kappa shape index (κ1) is 12.9. The van der Waals surface area contributed by atoms with Crippen molar-refractivity contribution in [3.05, 3.63) is 30.1 Å². The van der Waals surface area contributed by atoms with Crippen LogP contribution in [0.5, 0.6) is 0 Å². The Kier molecular flexibility index (Phi) is 3.54. The number of ether oxygens (including phenoxy) is 1. The van der Waals surface area contributed by atoms with Crippen molar-refractivity contribution in [3.8, 4) is 0 Å². The van der Waals surface area contributed by atoms with Gasteiger partial charge in [0.05, 0.1) is 6.54 Å². The summed E-state index contributed by atoms with van der Waals surface area (Å²) in [5.74, 6) is 0.0369. The molecule has 0 unspecified atom stereocenters. The second-order valence-electron chi connectivity index (χ2n) is 5.07. The van der Waals surface area contributed by atoms with Crippen LogP contribution in [-0.2, 0) is 4.74 Å². The number of amides is 2. The summed E-state index contributed by atoms with van der Waals surface area (Å²) >= 11 is 0. The second-order valence-corrected chi connectivity index (χ2v) is 5.07. The number of rotatable bonds is 2. The highest BCUT2D eigenvalue weighted by Gasteiger charge is 2.33. The molecule has 2 saturated heterocycles. The summed E-state index contributed by atoms with van der Waals surface area (Å²) in [6.07, 6.45) is 4.65. The largest absolute Gasteiger partial charge is 0.448 e. The molecule has 0 bridgehead atoms. The predicted octanol–water partition coefficient (Wildman–Crippen LogP) is 1.14. The topological polar surface area (TPSA) is 62.7 Å². The van der Waals surface area contributed by atoms with E-state index in [1.54, 1.807) is 29.4 Å². The summed E-state index contributed by atoms with van der Waals surface area (Å²) in [6, 6.07) is 3.66. The number of cyclic esters (lactones) is 1. The van der Waals surface area contributed by atoms with E-state index in [0.717, 1.165) is 12.8 Å². The van der Waals surface area contributed by atoms with Gasteiger partial charge in [0.15, 0.2) is 0 Å². The van der Waals surface area contributed by atoms with Crippen LogP contribution in [0.25, 0.3) is 0 Å². The molecule has 20 heavy (non-hydrogen) atoms. The van der Waals surface area contributed by atoms with Crippen LogP contribution in [0.1, 0.15) is 23.2 Å². The Morgan fingerprint density at radius 1 is 1.20 bits per heavy atom. The third kappa shape index (κ3) is 2.45. The van der Waals surface area contributed by atoms with Crippen LogP contribution in [0.4, 0.5) is 4.79 Å². The lowest BCUT2D eigenvalue weighted by atomic mass is 10.0. The minimum Gasteiger partial charge on any atom is -0.448 e. The second kappa shape index (κ2) is 5.48. The van der Waals surface area contributed by atoms with E-state index in [1.807, 2.05) is 4.90 Å². The van der Waals surface area contributed by atoms with E-state index >= 15 is 0 Å². The average molecular weight is 275 g/mol. The number of carbonyl (C=O) groups excluding carboxylic acids is 2. The molecule has 0 saturated carbocycles. The van der Waals surface area contributed by atoms with Crippen molar-refractivity contribution in [1.29, 1.82) is 0 Å². The van der Waals surface area contributed by atoms with Crippen LogP contribution in [0, 0.1) is 0 Å². The molecule has 1 aromatic heterocycles. The van der Waals surface area contributed by atoms with E-state index < -0.39 is 0 Å². The highest BCUT2D eigenvalue weighted by molar-refractivity contribution is 5.94. The number of piperidine rings is 1. The number of nitrogens with zero attached hydrogens (tertiary/aromatic N) is 3. The molecular weight excluding hydrogens is 258 g/mol. The zero-order valence-electron chi connectivity index (χ0n) is 11.2. The molecule has 2 aliphatic rings. The maximum Gasteiger partial charge on any atom is 0.410 e. The molecule has 6 heteroatoms. The monoisotopic (exact) mass is 275 g/mol. The van der Waals surface area contributed by atoms with Gasteiger partial charge in [-0.2, -0.15) is 0 Å². The molecule has 1 aromatic rings. The molecule has 0 radical (unpaired) electrons. The number of likely N-dealkylation sites (tertiary alicyclic amines) is 1. The van der Waals surface area contributed by atoms with E-state index in [9.17, 15) is 9.59 Å². The zero-order chi connectivity index (χ0) is 13.9. The Hall–Kier alpha value is -2.11. The third-order valence-electron chi connectivity index (χ3n) is 3.91. The van der Waals surface area contributed by atoms with Gasteiger partial charge in [-0.1, -0.05) is 0 Å². The van der Waals surface area contributed by atoms with Crippen molar-refractivity contribution >= 4 is 12.0 Å². The van der Waals surface area contributed by atoms with Crippen LogP contribution in [-0.4, -0.2) is 59.1 Å². The van der Waals surface area contributed by atoms with Gasteiger partial charge in [-0.3, -0.25) is 9.78 Å². The summed E-state index contributed by atoms with van der Waals surface area (Å²) in [7, 11) is 0. The maximum absolute atomic E-state index is 12.3. The van der Waals surface area contributed by atoms with Crippen LogP contribution >= 0.6 is 0 Å². The highest BCUT2D eigenvalue weighted by atomic mass is 16.6. The molecule has 3 rings (SSSR count). The molecule has 0 N–H and O–H groups in total. The summed E-state index contributed by atoms with van der Waals surface area (Å²) in [5.41, 5.74) is 0.666. The number of carbonyl (C=O) groups is 2. The molecule has 0 spiro atoms. The Labute approximate surface area is 117 Å². The molecule has 106 valence electrons. The lowest BCUT2D eigenvalue weighted by Gasteiger charge is -2.35. The van der Waals surface area contributed by atoms with Crippen molar-refractivity contribution < 1.29 is 14.3 Å².